The lowest BCUT2D eigenvalue weighted by Crippen LogP contribution is -1.85. The second kappa shape index (κ2) is 3.52. The lowest BCUT2D eigenvalue weighted by molar-refractivity contribution is -0.384. The fraction of sp³-hybridized carbons (Fsp3) is 0. The molecule has 0 spiro atoms. The Morgan fingerprint density at radius 3 is 2.45 bits per heavy atom. The maximum Gasteiger partial charge on any atom is 0.273 e. The van der Waals surface area contributed by atoms with Gasteiger partial charge in [0.2, 0.25) is 0 Å². The van der Waals surface area contributed by atoms with E-state index in [0.29, 0.717) is 0 Å². The summed E-state index contributed by atoms with van der Waals surface area (Å²) in [6.07, 6.45) is 0. The number of phenolic OH excluding ortho intramolecular Hbond substituents is 1. The van der Waals surface area contributed by atoms with Gasteiger partial charge in [-0.3, -0.25) is 10.1 Å². The first-order valence-electron chi connectivity index (χ1n) is 2.63. The van der Waals surface area contributed by atoms with Gasteiger partial charge in [-0.2, -0.15) is 0 Å². The summed E-state index contributed by atoms with van der Waals surface area (Å²) >= 11 is 0. The van der Waals surface area contributed by atoms with Crippen LogP contribution in [0.2, 0.25) is 0 Å². The molecule has 5 nitrogen and oxygen atoms in total. The summed E-state index contributed by atoms with van der Waals surface area (Å²) in [5, 5.41) is 18.8. The second-order valence-electron chi connectivity index (χ2n) is 1.78. The standard InChI is InChI=1S/C6H5NO3.H3N/c8-6-3-1-2-5(4-6)7(9)10;/h1-4,8H;1H3. The number of non-ortho nitro benzene ring substituents is 1. The highest BCUT2D eigenvalue weighted by molar-refractivity contribution is 5.36. The predicted molar refractivity (Wildman–Crippen MR) is 39.8 cm³/mol. The van der Waals surface area contributed by atoms with Crippen molar-refractivity contribution < 1.29 is 10.0 Å². The molecule has 0 heterocycles. The molecule has 0 amide bonds. The Balaban J connectivity index is 0.000001000. The minimum absolute atomic E-state index is 0. The summed E-state index contributed by atoms with van der Waals surface area (Å²) < 4.78 is 0. The van der Waals surface area contributed by atoms with Crippen LogP contribution in [0.25, 0.3) is 0 Å². The highest BCUT2D eigenvalue weighted by atomic mass is 16.6. The Morgan fingerprint density at radius 2 is 2.09 bits per heavy atom. The monoisotopic (exact) mass is 156 g/mol. The Hall–Kier alpha value is -1.62. The highest BCUT2D eigenvalue weighted by Gasteiger charge is 2.03. The lowest BCUT2D eigenvalue weighted by Gasteiger charge is -1.89. The number of benzene rings is 1. The van der Waals surface area contributed by atoms with E-state index < -0.39 is 4.92 Å². The zero-order valence-corrected chi connectivity index (χ0v) is 5.73. The number of nitro benzene ring substituents is 1. The number of aromatic hydroxyl groups is 1. The molecule has 4 N–H and O–H groups in total. The molecule has 0 fully saturated rings. The smallest absolute Gasteiger partial charge is 0.273 e. The number of phenols is 1. The van der Waals surface area contributed by atoms with E-state index in [-0.39, 0.29) is 17.6 Å². The van der Waals surface area contributed by atoms with Gasteiger partial charge in [0.15, 0.2) is 0 Å². The first-order chi connectivity index (χ1) is 4.70. The van der Waals surface area contributed by atoms with E-state index in [4.69, 9.17) is 5.11 Å². The molecule has 1 aromatic rings. The van der Waals surface area contributed by atoms with Crippen molar-refractivity contribution in [3.8, 4) is 5.75 Å². The molecule has 1 rings (SSSR count). The van der Waals surface area contributed by atoms with Gasteiger partial charge in [0, 0.05) is 6.07 Å². The third kappa shape index (κ3) is 2.23. The van der Waals surface area contributed by atoms with Gasteiger partial charge in [-0.05, 0) is 6.07 Å². The van der Waals surface area contributed by atoms with Crippen molar-refractivity contribution in [3.63, 3.8) is 0 Å². The van der Waals surface area contributed by atoms with Crippen molar-refractivity contribution in [3.05, 3.63) is 34.4 Å². The van der Waals surface area contributed by atoms with Crippen molar-refractivity contribution >= 4 is 5.69 Å². The number of nitro groups is 1. The Labute approximate surface area is 63.0 Å². The van der Waals surface area contributed by atoms with Crippen molar-refractivity contribution in [2.45, 2.75) is 0 Å². The second-order valence-corrected chi connectivity index (χ2v) is 1.78. The largest absolute Gasteiger partial charge is 0.508 e. The van der Waals surface area contributed by atoms with Crippen LogP contribution in [0.1, 0.15) is 0 Å². The number of hydrogen-bond acceptors (Lipinski definition) is 4. The van der Waals surface area contributed by atoms with E-state index in [9.17, 15) is 10.1 Å². The van der Waals surface area contributed by atoms with Gasteiger partial charge < -0.3 is 11.3 Å². The molecule has 1 aromatic carbocycles. The molecule has 0 saturated heterocycles. The first-order valence-corrected chi connectivity index (χ1v) is 2.63. The third-order valence-electron chi connectivity index (χ3n) is 1.04. The van der Waals surface area contributed by atoms with Crippen LogP contribution in [-0.2, 0) is 0 Å². The van der Waals surface area contributed by atoms with Crippen molar-refractivity contribution in [2.75, 3.05) is 0 Å². The third-order valence-corrected chi connectivity index (χ3v) is 1.04. The van der Waals surface area contributed by atoms with Crippen molar-refractivity contribution in [2.24, 2.45) is 0 Å². The van der Waals surface area contributed by atoms with Gasteiger partial charge in [0.05, 0.1) is 11.0 Å². The van der Waals surface area contributed by atoms with E-state index in [1.54, 1.807) is 0 Å². The zero-order valence-electron chi connectivity index (χ0n) is 5.73. The molecule has 0 aliphatic rings. The molecule has 0 radical (unpaired) electrons. The predicted octanol–water partition coefficient (Wildman–Crippen LogP) is 1.46. The fourth-order valence-corrected chi connectivity index (χ4v) is 0.607. The minimum Gasteiger partial charge on any atom is -0.508 e. The van der Waals surface area contributed by atoms with Gasteiger partial charge in [-0.1, -0.05) is 6.07 Å². The summed E-state index contributed by atoms with van der Waals surface area (Å²) in [5.41, 5.74) is -0.0972. The first kappa shape index (κ1) is 9.38. The van der Waals surface area contributed by atoms with Crippen LogP contribution < -0.4 is 6.15 Å². The number of rotatable bonds is 1. The summed E-state index contributed by atoms with van der Waals surface area (Å²) in [6.45, 7) is 0. The molecule has 0 unspecified atom stereocenters. The van der Waals surface area contributed by atoms with E-state index in [0.717, 1.165) is 6.07 Å². The van der Waals surface area contributed by atoms with Crippen LogP contribution >= 0.6 is 0 Å². The van der Waals surface area contributed by atoms with Crippen molar-refractivity contribution in [1.82, 2.24) is 6.15 Å². The molecule has 11 heavy (non-hydrogen) atoms. The Kier molecular flexibility index (Phi) is 3.01. The van der Waals surface area contributed by atoms with E-state index in [2.05, 4.69) is 0 Å². The molecule has 60 valence electrons. The minimum atomic E-state index is -0.556. The SMILES string of the molecule is N.O=[N+]([O-])c1cccc(O)c1. The van der Waals surface area contributed by atoms with Gasteiger partial charge in [-0.15, -0.1) is 0 Å². The average molecular weight is 156 g/mol. The van der Waals surface area contributed by atoms with Gasteiger partial charge in [0.25, 0.3) is 5.69 Å². The van der Waals surface area contributed by atoms with Crippen molar-refractivity contribution in [1.29, 1.82) is 0 Å². The van der Waals surface area contributed by atoms with E-state index in [1.165, 1.54) is 18.2 Å². The number of hydrogen-bond donors (Lipinski definition) is 2. The maximum absolute atomic E-state index is 10.0. The van der Waals surface area contributed by atoms with Gasteiger partial charge in [-0.25, -0.2) is 0 Å². The summed E-state index contributed by atoms with van der Waals surface area (Å²) in [6, 6.07) is 5.22. The zero-order chi connectivity index (χ0) is 7.56. The van der Waals surface area contributed by atoms with E-state index >= 15 is 0 Å². The fourth-order valence-electron chi connectivity index (χ4n) is 0.607. The molecule has 0 aromatic heterocycles. The molecule has 0 aliphatic heterocycles. The summed E-state index contributed by atoms with van der Waals surface area (Å²) in [4.78, 5) is 9.49. The quantitative estimate of drug-likeness (QED) is 0.475. The van der Waals surface area contributed by atoms with Crippen LogP contribution in [0.3, 0.4) is 0 Å². The van der Waals surface area contributed by atoms with Crippen LogP contribution in [0, 0.1) is 10.1 Å². The average Bonchev–Trinajstić information content (AvgIpc) is 1.88. The Morgan fingerprint density at radius 1 is 1.45 bits per heavy atom. The molecular formula is C6H8N2O3. The highest BCUT2D eigenvalue weighted by Crippen LogP contribution is 2.16. The molecule has 5 heteroatoms. The Bertz CT molecular complexity index is 262. The summed E-state index contributed by atoms with van der Waals surface area (Å²) in [7, 11) is 0. The normalized spacial score (nSPS) is 8.36. The molecule has 0 saturated carbocycles. The number of nitrogens with zero attached hydrogens (tertiary/aromatic N) is 1. The molecule has 0 bridgehead atoms. The van der Waals surface area contributed by atoms with E-state index in [1.807, 2.05) is 0 Å². The maximum atomic E-state index is 10.0. The molecule has 0 atom stereocenters. The van der Waals surface area contributed by atoms with Crippen LogP contribution in [-0.4, -0.2) is 10.0 Å². The van der Waals surface area contributed by atoms with Gasteiger partial charge >= 0.3 is 0 Å². The van der Waals surface area contributed by atoms with Crippen LogP contribution in [0.4, 0.5) is 5.69 Å². The molecule has 0 aliphatic carbocycles. The van der Waals surface area contributed by atoms with Gasteiger partial charge in [0.1, 0.15) is 5.75 Å². The van der Waals surface area contributed by atoms with Crippen LogP contribution in [0.15, 0.2) is 24.3 Å². The lowest BCUT2D eigenvalue weighted by atomic mass is 10.3. The van der Waals surface area contributed by atoms with Crippen LogP contribution in [0.5, 0.6) is 5.75 Å². The molecular weight excluding hydrogens is 148 g/mol. The topological polar surface area (TPSA) is 98.4 Å². The summed E-state index contributed by atoms with van der Waals surface area (Å²) in [5.74, 6) is -0.0887.